The maximum absolute atomic E-state index is 12.9. The highest BCUT2D eigenvalue weighted by Crippen LogP contribution is 2.32. The molecule has 0 radical (unpaired) electrons. The Hall–Kier alpha value is -1.72. The van der Waals surface area contributed by atoms with Crippen LogP contribution in [-0.2, 0) is 31.2 Å². The summed E-state index contributed by atoms with van der Waals surface area (Å²) >= 11 is 0. The lowest BCUT2D eigenvalue weighted by atomic mass is 10.2. The van der Waals surface area contributed by atoms with Gasteiger partial charge in [0, 0.05) is 38.4 Å². The molecule has 11 heteroatoms. The second-order valence-electron chi connectivity index (χ2n) is 7.21. The Morgan fingerprint density at radius 3 is 2.37 bits per heavy atom. The molecule has 1 atom stereocenters. The zero-order valence-corrected chi connectivity index (χ0v) is 16.9. The van der Waals surface area contributed by atoms with Crippen molar-refractivity contribution < 1.29 is 21.6 Å². The van der Waals surface area contributed by atoms with Gasteiger partial charge >= 0.3 is 0 Å². The fourth-order valence-electron chi connectivity index (χ4n) is 3.28. The molecule has 1 aromatic heterocycles. The monoisotopic (exact) mass is 417 g/mol. The molecule has 2 aliphatic rings. The molecular weight excluding hydrogens is 394 g/mol. The Morgan fingerprint density at radius 2 is 1.85 bits per heavy atom. The molecule has 2 heterocycles. The van der Waals surface area contributed by atoms with Crippen LogP contribution in [0.15, 0.2) is 28.0 Å². The third-order valence-electron chi connectivity index (χ3n) is 4.87. The van der Waals surface area contributed by atoms with E-state index < -0.39 is 25.4 Å². The number of carbonyl (C=O) groups excluding carboxylic acids is 1. The highest BCUT2D eigenvalue weighted by molar-refractivity contribution is 7.91. The Bertz CT molecular complexity index is 1010. The van der Waals surface area contributed by atoms with Crippen molar-refractivity contribution in [2.24, 2.45) is 0 Å². The molecule has 0 aromatic carbocycles. The molecule has 3 rings (SSSR count). The van der Waals surface area contributed by atoms with Gasteiger partial charge in [0.25, 0.3) is 5.56 Å². The Balaban J connectivity index is 1.85. The van der Waals surface area contributed by atoms with Crippen molar-refractivity contribution in [3.63, 3.8) is 0 Å². The minimum atomic E-state index is -3.74. The van der Waals surface area contributed by atoms with Crippen LogP contribution in [0.4, 0.5) is 0 Å². The van der Waals surface area contributed by atoms with Crippen molar-refractivity contribution in [2.75, 3.05) is 25.6 Å². The van der Waals surface area contributed by atoms with Crippen LogP contribution in [0.2, 0.25) is 0 Å². The van der Waals surface area contributed by atoms with Gasteiger partial charge in [0.2, 0.25) is 15.9 Å². The summed E-state index contributed by atoms with van der Waals surface area (Å²) in [4.78, 5) is 26.5. The minimum Gasteiger partial charge on any atom is -0.334 e. The Labute approximate surface area is 158 Å². The van der Waals surface area contributed by atoms with Gasteiger partial charge in [0.15, 0.2) is 9.84 Å². The van der Waals surface area contributed by atoms with Crippen molar-refractivity contribution >= 4 is 25.8 Å². The summed E-state index contributed by atoms with van der Waals surface area (Å²) in [5.74, 6) is -0.356. The van der Waals surface area contributed by atoms with Crippen LogP contribution in [0.5, 0.6) is 0 Å². The third kappa shape index (κ3) is 4.25. The fourth-order valence-corrected chi connectivity index (χ4v) is 5.91. The van der Waals surface area contributed by atoms with E-state index in [-0.39, 0.29) is 40.9 Å². The molecule has 0 spiro atoms. The first-order chi connectivity index (χ1) is 12.5. The van der Waals surface area contributed by atoms with Gasteiger partial charge in [-0.05, 0) is 25.3 Å². The largest absolute Gasteiger partial charge is 0.334 e. The van der Waals surface area contributed by atoms with Crippen molar-refractivity contribution in [1.82, 2.24) is 13.8 Å². The average molecular weight is 418 g/mol. The molecule has 0 bridgehead atoms. The van der Waals surface area contributed by atoms with Crippen molar-refractivity contribution in [3.05, 3.63) is 28.7 Å². The number of carbonyl (C=O) groups is 1. The number of sulfone groups is 1. The van der Waals surface area contributed by atoms with Gasteiger partial charge in [-0.25, -0.2) is 21.1 Å². The summed E-state index contributed by atoms with van der Waals surface area (Å²) in [6, 6.07) is 1.95. The molecule has 2 fully saturated rings. The van der Waals surface area contributed by atoms with Gasteiger partial charge < -0.3 is 9.47 Å². The van der Waals surface area contributed by atoms with Crippen LogP contribution in [0.25, 0.3) is 0 Å². The van der Waals surface area contributed by atoms with Gasteiger partial charge in [0.1, 0.15) is 6.54 Å². The van der Waals surface area contributed by atoms with Crippen LogP contribution in [0.1, 0.15) is 19.3 Å². The molecule has 1 aliphatic heterocycles. The molecular formula is C16H23N3O6S2. The number of rotatable bonds is 6. The standard InChI is InChI=1S/C16H23N3O6S2/c1-17(2)27(24,25)14-5-6-15(20)18(9-14)10-16(21)19(12-3-4-12)13-7-8-26(22,23)11-13/h5-6,9,12-13H,3-4,7-8,10-11H2,1-2H3/t13-/m0/s1. The molecule has 1 aromatic rings. The second-order valence-corrected chi connectivity index (χ2v) is 11.6. The van der Waals surface area contributed by atoms with Crippen LogP contribution in [0, 0.1) is 0 Å². The summed E-state index contributed by atoms with van der Waals surface area (Å²) in [7, 11) is -4.12. The van der Waals surface area contributed by atoms with Crippen molar-refractivity contribution in [2.45, 2.75) is 42.8 Å². The lowest BCUT2D eigenvalue weighted by Crippen LogP contribution is -2.45. The molecule has 0 unspecified atom stereocenters. The maximum atomic E-state index is 12.9. The van der Waals surface area contributed by atoms with Crippen LogP contribution >= 0.6 is 0 Å². The summed E-state index contributed by atoms with van der Waals surface area (Å²) < 4.78 is 50.2. The SMILES string of the molecule is CN(C)S(=O)(=O)c1ccc(=O)n(CC(=O)N(C2CC2)[C@H]2CCS(=O)(=O)C2)c1. The summed E-state index contributed by atoms with van der Waals surface area (Å²) in [5, 5.41) is 0. The van der Waals surface area contributed by atoms with E-state index in [0.29, 0.717) is 6.42 Å². The van der Waals surface area contributed by atoms with Gasteiger partial charge in [0.05, 0.1) is 16.4 Å². The van der Waals surface area contributed by atoms with Crippen LogP contribution < -0.4 is 5.56 Å². The van der Waals surface area contributed by atoms with Gasteiger partial charge in [-0.15, -0.1) is 0 Å². The molecule has 1 amide bonds. The predicted molar refractivity (Wildman–Crippen MR) is 98.5 cm³/mol. The zero-order valence-electron chi connectivity index (χ0n) is 15.2. The fraction of sp³-hybridized carbons (Fsp3) is 0.625. The summed E-state index contributed by atoms with van der Waals surface area (Å²) in [5.41, 5.74) is -0.490. The maximum Gasteiger partial charge on any atom is 0.251 e. The van der Waals surface area contributed by atoms with Crippen LogP contribution in [0.3, 0.4) is 0 Å². The quantitative estimate of drug-likeness (QED) is 0.603. The molecule has 1 saturated heterocycles. The van der Waals surface area contributed by atoms with Crippen molar-refractivity contribution in [1.29, 1.82) is 0 Å². The summed E-state index contributed by atoms with van der Waals surface area (Å²) in [6.45, 7) is -0.317. The number of pyridine rings is 1. The Morgan fingerprint density at radius 1 is 1.19 bits per heavy atom. The van der Waals surface area contributed by atoms with Gasteiger partial charge in [-0.1, -0.05) is 0 Å². The van der Waals surface area contributed by atoms with E-state index in [1.165, 1.54) is 20.2 Å². The normalized spacial score (nSPS) is 22.1. The molecule has 1 saturated carbocycles. The van der Waals surface area contributed by atoms with E-state index in [2.05, 4.69) is 0 Å². The van der Waals surface area contributed by atoms with Gasteiger partial charge in [-0.3, -0.25) is 9.59 Å². The number of amides is 1. The molecule has 150 valence electrons. The smallest absolute Gasteiger partial charge is 0.251 e. The van der Waals surface area contributed by atoms with Gasteiger partial charge in [-0.2, -0.15) is 0 Å². The zero-order chi connectivity index (χ0) is 20.0. The second kappa shape index (κ2) is 7.02. The number of hydrogen-bond donors (Lipinski definition) is 0. The lowest BCUT2D eigenvalue weighted by molar-refractivity contribution is -0.134. The van der Waals surface area contributed by atoms with E-state index in [9.17, 15) is 26.4 Å². The first-order valence-corrected chi connectivity index (χ1v) is 11.9. The lowest BCUT2D eigenvalue weighted by Gasteiger charge is -2.28. The van der Waals surface area contributed by atoms with E-state index in [4.69, 9.17) is 0 Å². The highest BCUT2D eigenvalue weighted by Gasteiger charge is 2.42. The van der Waals surface area contributed by atoms with Crippen molar-refractivity contribution in [3.8, 4) is 0 Å². The predicted octanol–water partition coefficient (Wildman–Crippen LogP) is -0.723. The third-order valence-corrected chi connectivity index (χ3v) is 8.42. The highest BCUT2D eigenvalue weighted by atomic mass is 32.2. The minimum absolute atomic E-state index is 0.000178. The number of hydrogen-bond acceptors (Lipinski definition) is 6. The van der Waals surface area contributed by atoms with E-state index >= 15 is 0 Å². The molecule has 0 N–H and O–H groups in total. The number of sulfonamides is 1. The van der Waals surface area contributed by atoms with E-state index in [1.807, 2.05) is 0 Å². The first-order valence-electron chi connectivity index (χ1n) is 8.66. The number of nitrogens with zero attached hydrogens (tertiary/aromatic N) is 3. The number of aromatic nitrogens is 1. The molecule has 9 nitrogen and oxygen atoms in total. The first kappa shape index (κ1) is 20.0. The summed E-state index contributed by atoms with van der Waals surface area (Å²) in [6.07, 6.45) is 3.18. The average Bonchev–Trinajstić information content (AvgIpc) is 3.32. The van der Waals surface area contributed by atoms with E-state index in [1.54, 1.807) is 4.90 Å². The molecule has 1 aliphatic carbocycles. The van der Waals surface area contributed by atoms with Crippen LogP contribution in [-0.4, -0.2) is 74.2 Å². The Kier molecular flexibility index (Phi) is 5.21. The van der Waals surface area contributed by atoms with E-state index in [0.717, 1.165) is 34.0 Å². The topological polar surface area (TPSA) is 114 Å². The molecule has 27 heavy (non-hydrogen) atoms.